The molecule has 4 fully saturated rings. The molecule has 0 N–H and O–H groups in total. The minimum Gasteiger partial charge on any atom is -0.462 e. The number of ketones is 1. The van der Waals surface area contributed by atoms with E-state index in [9.17, 15) is 14.4 Å². The molecule has 4 saturated carbocycles. The van der Waals surface area contributed by atoms with Gasteiger partial charge in [0.05, 0.1) is 12.0 Å². The van der Waals surface area contributed by atoms with E-state index in [2.05, 4.69) is 48.5 Å². The van der Waals surface area contributed by atoms with Gasteiger partial charge in [-0.15, -0.1) is 0 Å². The van der Waals surface area contributed by atoms with E-state index in [-0.39, 0.29) is 70.2 Å². The number of allylic oxidation sites excluding steroid dienone is 1. The van der Waals surface area contributed by atoms with Crippen LogP contribution in [-0.2, 0) is 30.4 Å². The number of carbonyl (C=O) groups is 4. The van der Waals surface area contributed by atoms with Gasteiger partial charge in [-0.2, -0.15) is 0 Å². The predicted octanol–water partition coefficient (Wildman–Crippen LogP) is 10.5. The lowest BCUT2D eigenvalue weighted by atomic mass is 9.33. The van der Waals surface area contributed by atoms with Crippen molar-refractivity contribution in [1.29, 1.82) is 0 Å². The van der Waals surface area contributed by atoms with Gasteiger partial charge < -0.3 is 9.47 Å². The minimum atomic E-state index is -1.08. The van der Waals surface area contributed by atoms with Crippen LogP contribution in [0.2, 0.25) is 5.02 Å². The second-order valence-electron chi connectivity index (χ2n) is 19.7. The van der Waals surface area contributed by atoms with Crippen LogP contribution in [0.3, 0.4) is 0 Å². The Labute approximate surface area is 317 Å². The van der Waals surface area contributed by atoms with Gasteiger partial charge in [0, 0.05) is 23.8 Å². The fourth-order valence-electron chi connectivity index (χ4n) is 12.8. The van der Waals surface area contributed by atoms with Crippen molar-refractivity contribution in [2.75, 3.05) is 0 Å². The first-order valence-electron chi connectivity index (χ1n) is 19.8. The third kappa shape index (κ3) is 5.98. The topological polar surface area (TPSA) is 90.0 Å². The van der Waals surface area contributed by atoms with Gasteiger partial charge in [-0.05, 0) is 141 Å². The Morgan fingerprint density at radius 1 is 0.885 bits per heavy atom. The number of Topliss-reactive ketones (excluding diaryl/α,β-unsaturated/α-hetero) is 1. The number of ether oxygens (including phenoxy) is 2. The molecule has 6 rings (SSSR count). The van der Waals surface area contributed by atoms with E-state index in [0.717, 1.165) is 61.7 Å². The molecule has 286 valence electrons. The highest BCUT2D eigenvalue weighted by atomic mass is 35.5. The first kappa shape index (κ1) is 39.0. The number of nitrogens with zero attached hydrogens (tertiary/aromatic N) is 1. The fourth-order valence-corrected chi connectivity index (χ4v) is 13.0. The van der Waals surface area contributed by atoms with E-state index < -0.39 is 17.1 Å². The summed E-state index contributed by atoms with van der Waals surface area (Å²) in [5.74, 6) is 0.435. The highest BCUT2D eigenvalue weighted by molar-refractivity contribution is 6.30. The zero-order valence-electron chi connectivity index (χ0n) is 33.5. The maximum absolute atomic E-state index is 15.3. The number of halogens is 1. The molecule has 0 saturated heterocycles. The molecule has 2 amide bonds. The Kier molecular flexibility index (Phi) is 9.74. The number of imide groups is 1. The minimum absolute atomic E-state index is 0.0182. The molecule has 0 spiro atoms. The molecular weight excluding hydrogens is 674 g/mol. The lowest BCUT2D eigenvalue weighted by Crippen LogP contribution is -2.66. The van der Waals surface area contributed by atoms with Crippen LogP contribution in [0, 0.1) is 50.7 Å². The van der Waals surface area contributed by atoms with Gasteiger partial charge in [0.1, 0.15) is 11.7 Å². The summed E-state index contributed by atoms with van der Waals surface area (Å²) < 4.78 is 11.8. The van der Waals surface area contributed by atoms with E-state index in [1.165, 1.54) is 11.8 Å². The van der Waals surface area contributed by atoms with E-state index in [0.29, 0.717) is 23.3 Å². The molecule has 0 aromatic heterocycles. The van der Waals surface area contributed by atoms with E-state index in [1.54, 1.807) is 32.9 Å². The third-order valence-electron chi connectivity index (χ3n) is 15.2. The largest absolute Gasteiger partial charge is 0.462 e. The molecule has 0 bridgehead atoms. The van der Waals surface area contributed by atoms with Crippen molar-refractivity contribution >= 4 is 35.4 Å². The molecule has 5 aliphatic rings. The molecule has 8 heteroatoms. The van der Waals surface area contributed by atoms with Gasteiger partial charge in [0.2, 0.25) is 5.91 Å². The Morgan fingerprint density at radius 2 is 1.54 bits per heavy atom. The molecule has 0 heterocycles. The number of esters is 1. The highest BCUT2D eigenvalue weighted by Gasteiger charge is 2.71. The standard InChI is InChI=1S/C44H62ClNO6/c1-26(2)35-31(48)24-44(37(49)46(38(50)52-39(4,5)6)25-28-12-14-29(45)15-13-28)23-22-42(10)30(36(35)44)16-17-33-41(9)20-19-34(51-27(3)47)40(7,8)32(41)18-21-43(33,42)11/h12-15,26,30,32-34H,16-25H2,1-11H3/t30-,32+,33-,34+,41+,42-,43-,44-/m1/s1. The summed E-state index contributed by atoms with van der Waals surface area (Å²) in [7, 11) is 0. The molecule has 0 radical (unpaired) electrons. The van der Waals surface area contributed by atoms with Crippen molar-refractivity contribution in [2.24, 2.45) is 50.7 Å². The lowest BCUT2D eigenvalue weighted by Gasteiger charge is -2.72. The van der Waals surface area contributed by atoms with E-state index in [4.69, 9.17) is 21.1 Å². The molecule has 1 aromatic rings. The molecule has 0 aliphatic heterocycles. The number of amides is 2. The van der Waals surface area contributed by atoms with Crippen LogP contribution in [0.5, 0.6) is 0 Å². The van der Waals surface area contributed by atoms with Crippen molar-refractivity contribution < 1.29 is 28.7 Å². The van der Waals surface area contributed by atoms with Gasteiger partial charge >= 0.3 is 12.1 Å². The predicted molar refractivity (Wildman–Crippen MR) is 203 cm³/mol. The summed E-state index contributed by atoms with van der Waals surface area (Å²) in [6.45, 7) is 23.2. The number of rotatable bonds is 5. The number of benzene rings is 1. The summed E-state index contributed by atoms with van der Waals surface area (Å²) in [5.41, 5.74) is 0.492. The lowest BCUT2D eigenvalue weighted by molar-refractivity contribution is -0.232. The normalized spacial score (nSPS) is 36.7. The molecule has 1 aromatic carbocycles. The van der Waals surface area contributed by atoms with Crippen molar-refractivity contribution in [3.63, 3.8) is 0 Å². The van der Waals surface area contributed by atoms with Crippen LogP contribution in [0.4, 0.5) is 4.79 Å². The van der Waals surface area contributed by atoms with Crippen LogP contribution < -0.4 is 0 Å². The highest BCUT2D eigenvalue weighted by Crippen LogP contribution is 2.77. The van der Waals surface area contributed by atoms with Crippen LogP contribution in [0.15, 0.2) is 35.4 Å². The second-order valence-corrected chi connectivity index (χ2v) is 20.2. The van der Waals surface area contributed by atoms with Crippen molar-refractivity contribution in [2.45, 2.75) is 152 Å². The average molecular weight is 736 g/mol. The maximum atomic E-state index is 15.3. The van der Waals surface area contributed by atoms with Gasteiger partial charge in [0.25, 0.3) is 0 Å². The average Bonchev–Trinajstić information content (AvgIpc) is 3.34. The first-order chi connectivity index (χ1) is 24.0. The zero-order valence-corrected chi connectivity index (χ0v) is 34.3. The Morgan fingerprint density at radius 3 is 2.13 bits per heavy atom. The Bertz CT molecular complexity index is 1670. The monoisotopic (exact) mass is 735 g/mol. The summed E-state index contributed by atoms with van der Waals surface area (Å²) in [6.07, 6.45) is 6.61. The summed E-state index contributed by atoms with van der Waals surface area (Å²) >= 11 is 6.20. The van der Waals surface area contributed by atoms with Crippen LogP contribution in [0.1, 0.15) is 140 Å². The zero-order chi connectivity index (χ0) is 38.4. The SMILES string of the molecule is CC(=O)O[C@H]1CC[C@]2(C)[C@H]3CC[C@@H]4C5=C(C(C)C)C(=O)C[C@]5(C(=O)N(Cc5ccc(Cl)cc5)C(=O)OC(C)(C)C)CC[C@@]4(C)[C@]3(C)CC[C@H]2C1(C)C. The molecule has 8 atom stereocenters. The van der Waals surface area contributed by atoms with Crippen LogP contribution >= 0.6 is 11.6 Å². The van der Waals surface area contributed by atoms with Gasteiger partial charge in [0.15, 0.2) is 5.78 Å². The molecular formula is C44H62ClNO6. The van der Waals surface area contributed by atoms with Crippen molar-refractivity contribution in [3.05, 3.63) is 46.0 Å². The van der Waals surface area contributed by atoms with Crippen molar-refractivity contribution in [3.8, 4) is 0 Å². The Hall–Kier alpha value is -2.67. The molecule has 5 aliphatic carbocycles. The molecule has 0 unspecified atom stereocenters. The first-order valence-corrected chi connectivity index (χ1v) is 20.1. The summed E-state index contributed by atoms with van der Waals surface area (Å²) in [5, 5.41) is 0.574. The third-order valence-corrected chi connectivity index (χ3v) is 15.5. The van der Waals surface area contributed by atoms with Gasteiger partial charge in [-0.1, -0.05) is 72.2 Å². The molecule has 52 heavy (non-hydrogen) atoms. The maximum Gasteiger partial charge on any atom is 0.417 e. The van der Waals surface area contributed by atoms with Crippen molar-refractivity contribution in [1.82, 2.24) is 4.90 Å². The number of hydrogen-bond acceptors (Lipinski definition) is 6. The molecule has 7 nitrogen and oxygen atoms in total. The summed E-state index contributed by atoms with van der Waals surface area (Å²) in [6, 6.07) is 7.19. The van der Waals surface area contributed by atoms with Gasteiger partial charge in [-0.25, -0.2) is 9.69 Å². The smallest absolute Gasteiger partial charge is 0.417 e. The number of fused-ring (bicyclic) bond motifs is 7. The fraction of sp³-hybridized carbons (Fsp3) is 0.727. The van der Waals surface area contributed by atoms with Crippen LogP contribution in [-0.4, -0.2) is 40.4 Å². The second kappa shape index (κ2) is 13.0. The van der Waals surface area contributed by atoms with Crippen LogP contribution in [0.25, 0.3) is 0 Å². The quantitative estimate of drug-likeness (QED) is 0.280. The van der Waals surface area contributed by atoms with E-state index in [1.807, 2.05) is 12.1 Å². The number of hydrogen-bond donors (Lipinski definition) is 0. The van der Waals surface area contributed by atoms with E-state index >= 15 is 4.79 Å². The number of carbonyl (C=O) groups excluding carboxylic acids is 4. The van der Waals surface area contributed by atoms with Gasteiger partial charge in [-0.3, -0.25) is 14.4 Å². The summed E-state index contributed by atoms with van der Waals surface area (Å²) in [4.78, 5) is 57.0. The Balaban J connectivity index is 1.41.